The van der Waals surface area contributed by atoms with E-state index in [-0.39, 0.29) is 32.0 Å². The van der Waals surface area contributed by atoms with Gasteiger partial charge in [-0.05, 0) is 26.8 Å². The number of hydrogen-bond donors (Lipinski definition) is 0. The lowest BCUT2D eigenvalue weighted by atomic mass is 10.2. The van der Waals surface area contributed by atoms with Gasteiger partial charge in [0.1, 0.15) is 9.28 Å². The van der Waals surface area contributed by atoms with Crippen molar-refractivity contribution in [1.29, 1.82) is 0 Å². The van der Waals surface area contributed by atoms with Crippen molar-refractivity contribution in [2.24, 2.45) is 0 Å². The Morgan fingerprint density at radius 2 is 2.27 bits per heavy atom. The molecule has 0 saturated carbocycles. The zero-order valence-corrected chi connectivity index (χ0v) is 15.3. The van der Waals surface area contributed by atoms with Crippen LogP contribution in [0.5, 0.6) is 0 Å². The van der Waals surface area contributed by atoms with E-state index in [2.05, 4.69) is 6.58 Å². The van der Waals surface area contributed by atoms with Gasteiger partial charge in [0.05, 0.1) is 11.8 Å². The summed E-state index contributed by atoms with van der Waals surface area (Å²) >= 11 is 0. The van der Waals surface area contributed by atoms with Gasteiger partial charge in [-0.25, -0.2) is 4.89 Å². The van der Waals surface area contributed by atoms with Gasteiger partial charge in [-0.15, -0.1) is 6.58 Å². The average Bonchev–Trinajstić information content (AvgIpc) is 2.16. The maximum Gasteiger partial charge on any atom is 0.242 e. The Hall–Kier alpha value is 0.488. The summed E-state index contributed by atoms with van der Waals surface area (Å²) in [7, 11) is -1.47. The molecule has 0 aromatic carbocycles. The molecule has 1 rings (SSSR count). The third-order valence-corrected chi connectivity index (χ3v) is 37.8. The van der Waals surface area contributed by atoms with Crippen LogP contribution in [0.3, 0.4) is 0 Å². The van der Waals surface area contributed by atoms with E-state index in [4.69, 9.17) is 13.9 Å². The van der Waals surface area contributed by atoms with Crippen LogP contribution in [-0.2, 0) is 13.9 Å². The summed E-state index contributed by atoms with van der Waals surface area (Å²) in [5.41, 5.74) is -0.202. The van der Waals surface area contributed by atoms with Crippen LogP contribution >= 0.6 is 0 Å². The van der Waals surface area contributed by atoms with E-state index in [1.807, 2.05) is 26.8 Å². The molecule has 0 radical (unpaired) electrons. The summed E-state index contributed by atoms with van der Waals surface area (Å²) in [6, 6.07) is 1.02. The Labute approximate surface area is 99.6 Å². The Kier molecular flexibility index (Phi) is 5.16. The van der Waals surface area contributed by atoms with Gasteiger partial charge in [0.25, 0.3) is 0 Å². The van der Waals surface area contributed by atoms with Gasteiger partial charge in [0.15, 0.2) is 0 Å². The molecule has 0 aromatic heterocycles. The van der Waals surface area contributed by atoms with Crippen molar-refractivity contribution in [2.45, 2.75) is 32.4 Å². The van der Waals surface area contributed by atoms with Crippen LogP contribution in [0.25, 0.3) is 0 Å². The molecule has 88 valence electrons. The van der Waals surface area contributed by atoms with Gasteiger partial charge in [-0.1, -0.05) is 6.08 Å². The zero-order valence-electron chi connectivity index (χ0n) is 10.0. The van der Waals surface area contributed by atoms with Crippen molar-refractivity contribution in [3.8, 4) is 0 Å². The lowest BCUT2D eigenvalue weighted by Gasteiger charge is -2.34. The SMILES string of the molecule is C=CC[Si]1(OOC(C)(C)C)CO[SiH2][SiH2][SiH2]1. The second-order valence-corrected chi connectivity index (χ2v) is 29.9. The van der Waals surface area contributed by atoms with E-state index in [9.17, 15) is 0 Å². The van der Waals surface area contributed by atoms with E-state index in [0.29, 0.717) is 0 Å². The molecule has 0 bridgehead atoms. The molecule has 0 amide bonds. The highest BCUT2D eigenvalue weighted by Gasteiger charge is 2.39. The lowest BCUT2D eigenvalue weighted by molar-refractivity contribution is -0.284. The van der Waals surface area contributed by atoms with Crippen molar-refractivity contribution in [1.82, 2.24) is 0 Å². The normalized spacial score (nSPS) is 32.5. The molecule has 1 atom stereocenters. The zero-order chi connectivity index (χ0) is 11.4. The van der Waals surface area contributed by atoms with Gasteiger partial charge < -0.3 is 4.43 Å². The smallest absolute Gasteiger partial charge is 0.242 e. The second-order valence-electron chi connectivity index (χ2n) is 5.11. The highest BCUT2D eigenvalue weighted by Crippen LogP contribution is 2.18. The molecule has 3 nitrogen and oxygen atoms in total. The molecule has 1 unspecified atom stereocenters. The van der Waals surface area contributed by atoms with E-state index in [0.717, 1.165) is 12.3 Å². The predicted octanol–water partition coefficient (Wildman–Crippen LogP) is -0.818. The van der Waals surface area contributed by atoms with Crippen molar-refractivity contribution in [3.05, 3.63) is 12.7 Å². The van der Waals surface area contributed by atoms with Gasteiger partial charge in [0, 0.05) is 17.1 Å². The van der Waals surface area contributed by atoms with Crippen LogP contribution in [0.2, 0.25) is 6.04 Å². The third-order valence-electron chi connectivity index (χ3n) is 2.27. The fraction of sp³-hybridized carbons (Fsp3) is 0.750. The molecule has 7 heteroatoms. The van der Waals surface area contributed by atoms with Crippen molar-refractivity contribution < 1.29 is 13.9 Å². The minimum absolute atomic E-state index is 0.0317. The molecule has 1 aliphatic rings. The molecule has 0 aliphatic carbocycles. The summed E-state index contributed by atoms with van der Waals surface area (Å²) < 4.78 is 11.6. The highest BCUT2D eigenvalue weighted by atomic mass is 29.7. The molecule has 1 heterocycles. The fourth-order valence-electron chi connectivity index (χ4n) is 1.56. The summed E-state index contributed by atoms with van der Waals surface area (Å²) in [5.74, 6) is 0. The maximum absolute atomic E-state index is 5.84. The first-order chi connectivity index (χ1) is 6.97. The molecule has 0 N–H and O–H groups in total. The Morgan fingerprint density at radius 1 is 1.53 bits per heavy atom. The average molecular weight is 279 g/mol. The standard InChI is InChI=1S/C8H22O3Si4/c1-5-6-15(7-9-12-13-14-15)11-10-8(2,3)4/h5H,1,6-7,12-14H2,2-4H3. The van der Waals surface area contributed by atoms with Crippen LogP contribution in [0.4, 0.5) is 0 Å². The molecule has 1 aliphatic heterocycles. The van der Waals surface area contributed by atoms with Crippen molar-refractivity contribution in [2.75, 3.05) is 6.23 Å². The molecule has 1 saturated heterocycles. The number of hydrogen-bond acceptors (Lipinski definition) is 3. The highest BCUT2D eigenvalue weighted by molar-refractivity contribution is 7.52. The Morgan fingerprint density at radius 3 is 2.73 bits per heavy atom. The molecule has 0 aromatic rings. The molecule has 0 spiro atoms. The van der Waals surface area contributed by atoms with Crippen LogP contribution in [0.1, 0.15) is 20.8 Å². The summed E-state index contributed by atoms with van der Waals surface area (Å²) in [4.78, 5) is 5.53. The lowest BCUT2D eigenvalue weighted by Crippen LogP contribution is -2.58. The molecule has 15 heavy (non-hydrogen) atoms. The van der Waals surface area contributed by atoms with Crippen LogP contribution in [-0.4, -0.2) is 46.1 Å². The predicted molar refractivity (Wildman–Crippen MR) is 74.3 cm³/mol. The molecular weight excluding hydrogens is 256 g/mol. The first-order valence-electron chi connectivity index (χ1n) is 5.53. The van der Waals surface area contributed by atoms with Crippen LogP contribution < -0.4 is 0 Å². The largest absolute Gasteiger partial charge is 0.429 e. The van der Waals surface area contributed by atoms with Crippen molar-refractivity contribution >= 4 is 34.2 Å². The van der Waals surface area contributed by atoms with E-state index in [1.54, 1.807) is 0 Å². The van der Waals surface area contributed by atoms with Gasteiger partial charge in [-0.3, -0.25) is 4.58 Å². The third kappa shape index (κ3) is 4.89. The van der Waals surface area contributed by atoms with Gasteiger partial charge >= 0.3 is 0 Å². The van der Waals surface area contributed by atoms with Crippen LogP contribution in [0, 0.1) is 0 Å². The fourth-order valence-corrected chi connectivity index (χ4v) is 48.0. The van der Waals surface area contributed by atoms with E-state index in [1.165, 1.54) is 0 Å². The minimum Gasteiger partial charge on any atom is -0.429 e. The molecule has 1 fully saturated rings. The van der Waals surface area contributed by atoms with E-state index < -0.39 is 7.83 Å². The Balaban J connectivity index is 2.52. The minimum atomic E-state index is -1.62. The second kappa shape index (κ2) is 5.71. The summed E-state index contributed by atoms with van der Waals surface area (Å²) in [6.45, 7) is 9.92. The number of allylic oxidation sites excluding steroid dienone is 1. The Bertz CT molecular complexity index is 210. The summed E-state index contributed by atoms with van der Waals surface area (Å²) in [5, 5.41) is 0. The van der Waals surface area contributed by atoms with Crippen LogP contribution in [0.15, 0.2) is 12.7 Å². The van der Waals surface area contributed by atoms with Gasteiger partial charge in [0.2, 0.25) is 7.83 Å². The van der Waals surface area contributed by atoms with Crippen molar-refractivity contribution in [3.63, 3.8) is 0 Å². The van der Waals surface area contributed by atoms with E-state index >= 15 is 0 Å². The maximum atomic E-state index is 5.84. The monoisotopic (exact) mass is 278 g/mol. The van der Waals surface area contributed by atoms with Gasteiger partial charge in [-0.2, -0.15) is 0 Å². The first-order valence-corrected chi connectivity index (χ1v) is 18.8. The molecular formula is C8H22O3Si4. The first kappa shape index (κ1) is 13.6. The summed E-state index contributed by atoms with van der Waals surface area (Å²) in [6.07, 6.45) is 2.89. The quantitative estimate of drug-likeness (QED) is 0.291. The number of rotatable bonds is 4. The topological polar surface area (TPSA) is 27.7 Å².